The lowest BCUT2D eigenvalue weighted by atomic mass is 10.1. The molecule has 1 aliphatic heterocycles. The van der Waals surface area contributed by atoms with Crippen LogP contribution in [0.25, 0.3) is 0 Å². The van der Waals surface area contributed by atoms with Gasteiger partial charge >= 0.3 is 6.03 Å². The van der Waals surface area contributed by atoms with Crippen LogP contribution in [-0.2, 0) is 4.74 Å². The first kappa shape index (κ1) is 16.2. The molecule has 1 fully saturated rings. The minimum atomic E-state index is -0.248. The molecule has 0 saturated carbocycles. The highest BCUT2D eigenvalue weighted by Gasteiger charge is 2.32. The Hall–Kier alpha value is -2.16. The number of rotatable bonds is 7. The minimum absolute atomic E-state index is 0.0741. The molecule has 0 aliphatic carbocycles. The van der Waals surface area contributed by atoms with Crippen molar-refractivity contribution in [3.8, 4) is 0 Å². The summed E-state index contributed by atoms with van der Waals surface area (Å²) in [6, 6.07) is 0.000113. The first-order chi connectivity index (χ1) is 10.7. The van der Waals surface area contributed by atoms with Gasteiger partial charge in [0.2, 0.25) is 0 Å². The third-order valence-electron chi connectivity index (χ3n) is 3.41. The average molecular weight is 310 g/mol. The van der Waals surface area contributed by atoms with Crippen LogP contribution in [0, 0.1) is 0 Å². The van der Waals surface area contributed by atoms with Crippen molar-refractivity contribution in [2.45, 2.75) is 19.4 Å². The fourth-order valence-electron chi connectivity index (χ4n) is 2.12. The van der Waals surface area contributed by atoms with Crippen LogP contribution in [0.4, 0.5) is 4.79 Å². The lowest BCUT2D eigenvalue weighted by molar-refractivity contribution is 0.0943. The number of urea groups is 1. The number of hydrogen-bond donors (Lipinski definition) is 2. The molecule has 1 aromatic rings. The molecule has 0 radical (unpaired) electrons. The van der Waals surface area contributed by atoms with Crippen molar-refractivity contribution in [2.24, 2.45) is 0 Å². The largest absolute Gasteiger partial charge is 0.385 e. The summed E-state index contributed by atoms with van der Waals surface area (Å²) in [6.45, 7) is 4.77. The van der Waals surface area contributed by atoms with Gasteiger partial charge in [0, 0.05) is 39.9 Å². The predicted molar refractivity (Wildman–Crippen MR) is 78.5 cm³/mol. The standard InChI is InChI=1S/C13H22N6O3/c1-3-14-13(21)18-7-10(8-18)19-9-11(16-17-19)12(20)15-5-4-6-22-2/h9-10H,3-8H2,1-2H3,(H,14,21)(H,15,20). The van der Waals surface area contributed by atoms with Gasteiger partial charge in [-0.2, -0.15) is 0 Å². The second-order valence-corrected chi connectivity index (χ2v) is 5.08. The molecule has 2 rings (SSSR count). The van der Waals surface area contributed by atoms with Crippen molar-refractivity contribution in [2.75, 3.05) is 39.9 Å². The van der Waals surface area contributed by atoms with Gasteiger partial charge < -0.3 is 20.3 Å². The Balaban J connectivity index is 1.78. The fraction of sp³-hybridized carbons (Fsp3) is 0.692. The Bertz CT molecular complexity index is 512. The Kier molecular flexibility index (Phi) is 5.70. The number of aromatic nitrogens is 3. The van der Waals surface area contributed by atoms with E-state index in [0.29, 0.717) is 32.8 Å². The summed E-state index contributed by atoms with van der Waals surface area (Å²) in [6.07, 6.45) is 2.37. The van der Waals surface area contributed by atoms with Gasteiger partial charge in [0.25, 0.3) is 5.91 Å². The smallest absolute Gasteiger partial charge is 0.317 e. The molecule has 2 N–H and O–H groups in total. The second kappa shape index (κ2) is 7.74. The summed E-state index contributed by atoms with van der Waals surface area (Å²) in [5, 5.41) is 13.3. The lowest BCUT2D eigenvalue weighted by Crippen LogP contribution is -2.54. The van der Waals surface area contributed by atoms with Crippen molar-refractivity contribution < 1.29 is 14.3 Å². The van der Waals surface area contributed by atoms with Crippen molar-refractivity contribution in [3.63, 3.8) is 0 Å². The zero-order valence-corrected chi connectivity index (χ0v) is 12.9. The van der Waals surface area contributed by atoms with E-state index in [2.05, 4.69) is 20.9 Å². The summed E-state index contributed by atoms with van der Waals surface area (Å²) in [5.41, 5.74) is 0.286. The van der Waals surface area contributed by atoms with Crippen LogP contribution in [0.15, 0.2) is 6.20 Å². The van der Waals surface area contributed by atoms with Crippen molar-refractivity contribution >= 4 is 11.9 Å². The number of nitrogens with zero attached hydrogens (tertiary/aromatic N) is 4. The number of methoxy groups -OCH3 is 1. The van der Waals surface area contributed by atoms with Crippen LogP contribution in [0.5, 0.6) is 0 Å². The number of carbonyl (C=O) groups is 2. The summed E-state index contributed by atoms with van der Waals surface area (Å²) < 4.78 is 6.55. The average Bonchev–Trinajstić information content (AvgIpc) is 2.91. The Morgan fingerprint density at radius 3 is 2.86 bits per heavy atom. The van der Waals surface area contributed by atoms with Crippen LogP contribution < -0.4 is 10.6 Å². The molecule has 9 nitrogen and oxygen atoms in total. The quantitative estimate of drug-likeness (QED) is 0.669. The molecule has 0 unspecified atom stereocenters. The maximum atomic E-state index is 11.9. The van der Waals surface area contributed by atoms with Gasteiger partial charge in [-0.3, -0.25) is 4.79 Å². The highest BCUT2D eigenvalue weighted by molar-refractivity contribution is 5.91. The van der Waals surface area contributed by atoms with Crippen molar-refractivity contribution in [1.29, 1.82) is 0 Å². The zero-order chi connectivity index (χ0) is 15.9. The van der Waals surface area contributed by atoms with Gasteiger partial charge in [0.1, 0.15) is 0 Å². The van der Waals surface area contributed by atoms with E-state index >= 15 is 0 Å². The van der Waals surface area contributed by atoms with E-state index in [0.717, 1.165) is 6.42 Å². The molecule has 22 heavy (non-hydrogen) atoms. The molecule has 1 aliphatic rings. The van der Waals surface area contributed by atoms with Crippen molar-refractivity contribution in [3.05, 3.63) is 11.9 Å². The van der Waals surface area contributed by atoms with Gasteiger partial charge in [0.05, 0.1) is 12.2 Å². The molecule has 2 heterocycles. The first-order valence-electron chi connectivity index (χ1n) is 7.37. The molecular weight excluding hydrogens is 288 g/mol. The molecule has 0 atom stereocenters. The molecule has 0 aromatic carbocycles. The summed E-state index contributed by atoms with van der Waals surface area (Å²) in [7, 11) is 1.62. The number of likely N-dealkylation sites (tertiary alicyclic amines) is 1. The Labute approximate surface area is 129 Å². The number of amides is 3. The fourth-order valence-corrected chi connectivity index (χ4v) is 2.12. The van der Waals surface area contributed by atoms with Crippen LogP contribution in [0.1, 0.15) is 29.9 Å². The molecule has 1 aromatic heterocycles. The normalized spacial score (nSPS) is 14.5. The lowest BCUT2D eigenvalue weighted by Gasteiger charge is -2.38. The first-order valence-corrected chi connectivity index (χ1v) is 7.37. The van der Waals surface area contributed by atoms with E-state index in [9.17, 15) is 9.59 Å². The maximum absolute atomic E-state index is 11.9. The third-order valence-corrected chi connectivity index (χ3v) is 3.41. The Morgan fingerprint density at radius 2 is 2.18 bits per heavy atom. The van der Waals surface area contributed by atoms with Gasteiger partial charge in [-0.05, 0) is 13.3 Å². The van der Waals surface area contributed by atoms with Gasteiger partial charge in [-0.25, -0.2) is 9.48 Å². The van der Waals surface area contributed by atoms with E-state index in [1.807, 2.05) is 6.92 Å². The molecule has 9 heteroatoms. The molecular formula is C13H22N6O3. The summed E-state index contributed by atoms with van der Waals surface area (Å²) >= 11 is 0. The third kappa shape index (κ3) is 3.94. The topological polar surface area (TPSA) is 101 Å². The zero-order valence-electron chi connectivity index (χ0n) is 12.9. The summed E-state index contributed by atoms with van der Waals surface area (Å²) in [5.74, 6) is -0.248. The van der Waals surface area contributed by atoms with E-state index in [4.69, 9.17) is 4.74 Å². The van der Waals surface area contributed by atoms with Crippen LogP contribution in [0.2, 0.25) is 0 Å². The van der Waals surface area contributed by atoms with E-state index in [1.54, 1.807) is 22.9 Å². The summed E-state index contributed by atoms with van der Waals surface area (Å²) in [4.78, 5) is 25.1. The predicted octanol–water partition coefficient (Wildman–Crippen LogP) is -0.369. The number of carbonyl (C=O) groups excluding carboxylic acids is 2. The maximum Gasteiger partial charge on any atom is 0.317 e. The number of hydrogen-bond acceptors (Lipinski definition) is 5. The molecule has 1 saturated heterocycles. The molecule has 122 valence electrons. The minimum Gasteiger partial charge on any atom is -0.385 e. The van der Waals surface area contributed by atoms with Crippen molar-refractivity contribution in [1.82, 2.24) is 30.5 Å². The van der Waals surface area contributed by atoms with Gasteiger partial charge in [0.15, 0.2) is 5.69 Å². The highest BCUT2D eigenvalue weighted by Crippen LogP contribution is 2.20. The van der Waals surface area contributed by atoms with E-state index in [1.165, 1.54) is 0 Å². The molecule has 3 amide bonds. The molecule has 0 spiro atoms. The van der Waals surface area contributed by atoms with E-state index in [-0.39, 0.29) is 23.7 Å². The van der Waals surface area contributed by atoms with Gasteiger partial charge in [-0.1, -0.05) is 5.21 Å². The number of nitrogens with one attached hydrogen (secondary N) is 2. The van der Waals surface area contributed by atoms with Crippen LogP contribution in [0.3, 0.4) is 0 Å². The highest BCUT2D eigenvalue weighted by atomic mass is 16.5. The SMILES string of the molecule is CCNC(=O)N1CC(n2cc(C(=O)NCCCOC)nn2)C1. The van der Waals surface area contributed by atoms with Crippen LogP contribution >= 0.6 is 0 Å². The van der Waals surface area contributed by atoms with E-state index < -0.39 is 0 Å². The second-order valence-electron chi connectivity index (χ2n) is 5.08. The monoisotopic (exact) mass is 310 g/mol. The van der Waals surface area contributed by atoms with Crippen LogP contribution in [-0.4, -0.2) is 71.7 Å². The Morgan fingerprint density at radius 1 is 1.41 bits per heavy atom. The number of ether oxygens (including phenoxy) is 1. The van der Waals surface area contributed by atoms with Gasteiger partial charge in [-0.15, -0.1) is 5.10 Å². The molecule has 0 bridgehead atoms.